The molecule has 0 saturated heterocycles. The number of amides is 1. The standard InChI is InChI=1S/C22H16F3NO4S/c23-22(24,25)14-8-9-16-15(11-14)18(27)19(31-16)20(28)26-12-21(29,17-7-4-10-30-17)13-5-2-1-3-6-13/h1-11,27,29H,12H2,(H,26,28). The van der Waals surface area contributed by atoms with Crippen LogP contribution in [0.15, 0.2) is 71.3 Å². The number of halogens is 3. The first kappa shape index (κ1) is 21.0. The van der Waals surface area contributed by atoms with Crippen molar-refractivity contribution >= 4 is 27.3 Å². The molecule has 31 heavy (non-hydrogen) atoms. The van der Waals surface area contributed by atoms with Crippen LogP contribution in [0.5, 0.6) is 5.75 Å². The second kappa shape index (κ2) is 7.75. The number of thiophene rings is 1. The predicted octanol–water partition coefficient (Wildman–Crippen LogP) is 4.88. The van der Waals surface area contributed by atoms with E-state index in [1.165, 1.54) is 12.3 Å². The zero-order valence-electron chi connectivity index (χ0n) is 15.8. The molecule has 3 N–H and O–H groups in total. The first-order valence-corrected chi connectivity index (χ1v) is 9.94. The van der Waals surface area contributed by atoms with Crippen LogP contribution in [0.1, 0.15) is 26.6 Å². The van der Waals surface area contributed by atoms with Crippen LogP contribution in [0, 0.1) is 0 Å². The van der Waals surface area contributed by atoms with Gasteiger partial charge in [0.15, 0.2) is 5.60 Å². The van der Waals surface area contributed by atoms with Gasteiger partial charge in [0.05, 0.1) is 18.4 Å². The highest BCUT2D eigenvalue weighted by atomic mass is 32.1. The topological polar surface area (TPSA) is 82.7 Å². The molecule has 2 heterocycles. The van der Waals surface area contributed by atoms with Gasteiger partial charge < -0.3 is 19.9 Å². The van der Waals surface area contributed by atoms with Gasteiger partial charge in [-0.1, -0.05) is 30.3 Å². The molecule has 0 aliphatic carbocycles. The zero-order chi connectivity index (χ0) is 22.2. The summed E-state index contributed by atoms with van der Waals surface area (Å²) < 4.78 is 44.6. The SMILES string of the molecule is O=C(NCC(O)(c1ccccc1)c1ccco1)c1sc2ccc(C(F)(F)F)cc2c1O. The Morgan fingerprint density at radius 3 is 2.42 bits per heavy atom. The van der Waals surface area contributed by atoms with Gasteiger partial charge in [0.1, 0.15) is 16.4 Å². The van der Waals surface area contributed by atoms with Crippen molar-refractivity contribution in [3.63, 3.8) is 0 Å². The Bertz CT molecular complexity index is 1220. The van der Waals surface area contributed by atoms with Crippen molar-refractivity contribution in [2.45, 2.75) is 11.8 Å². The number of aliphatic hydroxyl groups is 1. The molecule has 0 bridgehead atoms. The van der Waals surface area contributed by atoms with E-state index in [-0.39, 0.29) is 22.6 Å². The van der Waals surface area contributed by atoms with Gasteiger partial charge in [-0.3, -0.25) is 4.79 Å². The number of benzene rings is 2. The molecule has 0 saturated carbocycles. The minimum atomic E-state index is -4.57. The number of nitrogens with one attached hydrogen (secondary N) is 1. The Hall–Kier alpha value is -3.30. The minimum Gasteiger partial charge on any atom is -0.506 e. The maximum absolute atomic E-state index is 13.0. The molecule has 2 aromatic heterocycles. The molecular weight excluding hydrogens is 431 g/mol. The number of furan rings is 1. The number of alkyl halides is 3. The number of aromatic hydroxyl groups is 1. The van der Waals surface area contributed by atoms with Crippen LogP contribution in [0.4, 0.5) is 13.2 Å². The van der Waals surface area contributed by atoms with Crippen molar-refractivity contribution in [2.75, 3.05) is 6.54 Å². The van der Waals surface area contributed by atoms with Gasteiger partial charge in [0, 0.05) is 10.1 Å². The summed E-state index contributed by atoms with van der Waals surface area (Å²) in [5.41, 5.74) is -2.13. The van der Waals surface area contributed by atoms with Gasteiger partial charge in [-0.2, -0.15) is 13.2 Å². The van der Waals surface area contributed by atoms with E-state index in [4.69, 9.17) is 4.42 Å². The largest absolute Gasteiger partial charge is 0.506 e. The number of rotatable bonds is 5. The Morgan fingerprint density at radius 2 is 1.77 bits per heavy atom. The van der Waals surface area contributed by atoms with Gasteiger partial charge >= 0.3 is 6.18 Å². The lowest BCUT2D eigenvalue weighted by molar-refractivity contribution is -0.137. The van der Waals surface area contributed by atoms with E-state index in [9.17, 15) is 28.2 Å². The maximum atomic E-state index is 13.0. The molecule has 0 spiro atoms. The molecule has 0 radical (unpaired) electrons. The number of fused-ring (bicyclic) bond motifs is 1. The number of carbonyl (C=O) groups is 1. The smallest absolute Gasteiger partial charge is 0.416 e. The van der Waals surface area contributed by atoms with Crippen LogP contribution in [-0.2, 0) is 11.8 Å². The summed E-state index contributed by atoms with van der Waals surface area (Å²) in [4.78, 5) is 12.6. The fraction of sp³-hybridized carbons (Fsp3) is 0.136. The fourth-order valence-corrected chi connectivity index (χ4v) is 4.26. The average Bonchev–Trinajstić information content (AvgIpc) is 3.40. The van der Waals surface area contributed by atoms with Crippen LogP contribution in [0.3, 0.4) is 0 Å². The Morgan fingerprint density at radius 1 is 1.03 bits per heavy atom. The summed E-state index contributed by atoms with van der Waals surface area (Å²) in [5.74, 6) is -1.06. The van der Waals surface area contributed by atoms with Crippen molar-refractivity contribution < 1.29 is 32.6 Å². The van der Waals surface area contributed by atoms with E-state index < -0.39 is 29.0 Å². The molecule has 1 unspecified atom stereocenters. The number of hydrogen-bond acceptors (Lipinski definition) is 5. The van der Waals surface area contributed by atoms with Crippen molar-refractivity contribution in [1.29, 1.82) is 0 Å². The lowest BCUT2D eigenvalue weighted by Crippen LogP contribution is -2.41. The molecule has 1 atom stereocenters. The van der Waals surface area contributed by atoms with Crippen molar-refractivity contribution in [3.8, 4) is 5.75 Å². The average molecular weight is 447 g/mol. The van der Waals surface area contributed by atoms with Crippen LogP contribution in [0.2, 0.25) is 0 Å². The van der Waals surface area contributed by atoms with E-state index in [0.29, 0.717) is 10.3 Å². The van der Waals surface area contributed by atoms with Crippen molar-refractivity contribution in [2.24, 2.45) is 0 Å². The summed E-state index contributed by atoms with van der Waals surface area (Å²) in [5, 5.41) is 24.2. The zero-order valence-corrected chi connectivity index (χ0v) is 16.6. The first-order chi connectivity index (χ1) is 14.7. The summed E-state index contributed by atoms with van der Waals surface area (Å²) in [6.07, 6.45) is -3.18. The molecule has 2 aromatic carbocycles. The van der Waals surface area contributed by atoms with Gasteiger partial charge in [0.2, 0.25) is 0 Å². The van der Waals surface area contributed by atoms with Crippen LogP contribution >= 0.6 is 11.3 Å². The number of hydrogen-bond donors (Lipinski definition) is 3. The first-order valence-electron chi connectivity index (χ1n) is 9.13. The highest BCUT2D eigenvalue weighted by Gasteiger charge is 2.36. The van der Waals surface area contributed by atoms with E-state index in [1.807, 2.05) is 0 Å². The molecule has 160 valence electrons. The van der Waals surface area contributed by atoms with Crippen LogP contribution in [-0.4, -0.2) is 22.7 Å². The Labute approximate surface area is 178 Å². The lowest BCUT2D eigenvalue weighted by Gasteiger charge is -2.26. The third-order valence-electron chi connectivity index (χ3n) is 4.88. The third-order valence-corrected chi connectivity index (χ3v) is 6.04. The van der Waals surface area contributed by atoms with Crippen LogP contribution in [0.25, 0.3) is 10.1 Å². The molecule has 1 amide bonds. The molecule has 9 heteroatoms. The minimum absolute atomic E-state index is 0.0608. The van der Waals surface area contributed by atoms with E-state index in [2.05, 4.69) is 5.32 Å². The monoisotopic (exact) mass is 447 g/mol. The maximum Gasteiger partial charge on any atom is 0.416 e. The molecule has 5 nitrogen and oxygen atoms in total. The van der Waals surface area contributed by atoms with Crippen molar-refractivity contribution in [1.82, 2.24) is 5.32 Å². The van der Waals surface area contributed by atoms with Gasteiger partial charge in [-0.15, -0.1) is 11.3 Å². The molecule has 0 fully saturated rings. The second-order valence-corrected chi connectivity index (χ2v) is 7.93. The number of carbonyl (C=O) groups excluding carboxylic acids is 1. The van der Waals surface area contributed by atoms with Crippen molar-refractivity contribution in [3.05, 3.63) is 88.7 Å². The van der Waals surface area contributed by atoms with E-state index >= 15 is 0 Å². The summed E-state index contributed by atoms with van der Waals surface area (Å²) in [7, 11) is 0. The van der Waals surface area contributed by atoms with E-state index in [0.717, 1.165) is 23.5 Å². The van der Waals surface area contributed by atoms with Gasteiger partial charge in [0.25, 0.3) is 5.91 Å². The third kappa shape index (κ3) is 3.89. The lowest BCUT2D eigenvalue weighted by atomic mass is 9.91. The highest BCUT2D eigenvalue weighted by Crippen LogP contribution is 2.40. The highest BCUT2D eigenvalue weighted by molar-refractivity contribution is 7.21. The van der Waals surface area contributed by atoms with E-state index in [1.54, 1.807) is 42.5 Å². The molecule has 0 aliphatic rings. The predicted molar refractivity (Wildman–Crippen MR) is 109 cm³/mol. The molecule has 0 aliphatic heterocycles. The fourth-order valence-electron chi connectivity index (χ4n) is 3.26. The quantitative estimate of drug-likeness (QED) is 0.407. The molecule has 4 aromatic rings. The second-order valence-electron chi connectivity index (χ2n) is 6.87. The summed E-state index contributed by atoms with van der Waals surface area (Å²) >= 11 is 0.861. The summed E-state index contributed by atoms with van der Waals surface area (Å²) in [6, 6.07) is 14.6. The summed E-state index contributed by atoms with van der Waals surface area (Å²) in [6.45, 7) is -0.287. The molecule has 4 rings (SSSR count). The van der Waals surface area contributed by atoms with Crippen LogP contribution < -0.4 is 5.32 Å². The Balaban J connectivity index is 1.63. The van der Waals surface area contributed by atoms with Gasteiger partial charge in [-0.05, 0) is 35.9 Å². The Kier molecular flexibility index (Phi) is 5.24. The normalized spacial score (nSPS) is 13.8. The molecular formula is C22H16F3NO4S. The van der Waals surface area contributed by atoms with Gasteiger partial charge in [-0.25, -0.2) is 0 Å².